The maximum Gasteiger partial charge on any atom is 0.272 e. The summed E-state index contributed by atoms with van der Waals surface area (Å²) >= 11 is 0. The first kappa shape index (κ1) is 24.5. The van der Waals surface area contributed by atoms with E-state index in [4.69, 9.17) is 10.7 Å². The van der Waals surface area contributed by atoms with Gasteiger partial charge in [-0.1, -0.05) is 6.92 Å². The summed E-state index contributed by atoms with van der Waals surface area (Å²) in [5.41, 5.74) is 9.25. The van der Waals surface area contributed by atoms with Gasteiger partial charge in [0.2, 0.25) is 0 Å². The van der Waals surface area contributed by atoms with Gasteiger partial charge in [-0.2, -0.15) is 0 Å². The number of rotatable bonds is 7. The lowest BCUT2D eigenvalue weighted by molar-refractivity contribution is -0.131. The summed E-state index contributed by atoms with van der Waals surface area (Å²) in [5.74, 6) is -0.232. The van der Waals surface area contributed by atoms with Crippen LogP contribution in [0, 0.1) is 12.7 Å². The zero-order valence-electron chi connectivity index (χ0n) is 20.7. The van der Waals surface area contributed by atoms with E-state index in [1.54, 1.807) is 24.0 Å². The summed E-state index contributed by atoms with van der Waals surface area (Å²) < 4.78 is 42.6. The predicted molar refractivity (Wildman–Crippen MR) is 134 cm³/mol. The quantitative estimate of drug-likeness (QED) is 0.523. The van der Waals surface area contributed by atoms with Crippen molar-refractivity contribution >= 4 is 11.6 Å². The minimum absolute atomic E-state index is 0.193. The van der Waals surface area contributed by atoms with Gasteiger partial charge in [0, 0.05) is 49.4 Å². The largest absolute Gasteiger partial charge is 0.383 e. The number of hydrogen-bond donors (Lipinski definition) is 1. The molecule has 0 unspecified atom stereocenters. The summed E-state index contributed by atoms with van der Waals surface area (Å²) in [6, 6.07) is 5.00. The highest BCUT2D eigenvalue weighted by molar-refractivity contribution is 5.60. The minimum atomic E-state index is -2.58. The molecule has 2 aromatic heterocycles. The fourth-order valence-electron chi connectivity index (χ4n) is 5.27. The lowest BCUT2D eigenvalue weighted by Gasteiger charge is -2.39. The molecule has 2 N–H and O–H groups in total. The Kier molecular flexibility index (Phi) is 6.63. The summed E-state index contributed by atoms with van der Waals surface area (Å²) in [5, 5.41) is 0. The van der Waals surface area contributed by atoms with Crippen molar-refractivity contribution in [2.24, 2.45) is 0 Å². The van der Waals surface area contributed by atoms with Crippen molar-refractivity contribution < 1.29 is 13.2 Å². The topological polar surface area (TPSA) is 76.1 Å². The lowest BCUT2D eigenvalue weighted by atomic mass is 9.95. The molecule has 36 heavy (non-hydrogen) atoms. The van der Waals surface area contributed by atoms with E-state index < -0.39 is 5.92 Å². The standard InChI is InChI=1S/C26H32F3N7/c1-3-20-23(30)31-16-32-25(20)35-8-6-18(7-9-35)24-33-22(19-4-5-21(27)17(2)12-19)13-36(24)11-10-34-14-26(28,29)15-34/h4-5,12-13,16,18H,3,6-11,14-15H2,1-2H3,(H2,30,31,32). The van der Waals surface area contributed by atoms with Crippen LogP contribution in [0.1, 0.15) is 42.6 Å². The molecule has 2 aliphatic heterocycles. The molecule has 0 spiro atoms. The average molecular weight is 500 g/mol. The molecule has 10 heteroatoms. The maximum absolute atomic E-state index is 13.8. The van der Waals surface area contributed by atoms with Gasteiger partial charge in [0.25, 0.3) is 5.92 Å². The number of alkyl halides is 2. The van der Waals surface area contributed by atoms with E-state index in [-0.39, 0.29) is 24.8 Å². The number of anilines is 2. The van der Waals surface area contributed by atoms with Crippen molar-refractivity contribution in [3.63, 3.8) is 0 Å². The smallest absolute Gasteiger partial charge is 0.272 e. The SMILES string of the molecule is CCc1c(N)ncnc1N1CCC(c2nc(-c3ccc(F)c(C)c3)cn2CCN2CC(F)(F)C2)CC1. The van der Waals surface area contributed by atoms with Crippen molar-refractivity contribution in [1.82, 2.24) is 24.4 Å². The van der Waals surface area contributed by atoms with Crippen LogP contribution in [0.4, 0.5) is 24.8 Å². The van der Waals surface area contributed by atoms with Crippen LogP contribution in [0.5, 0.6) is 0 Å². The van der Waals surface area contributed by atoms with E-state index in [2.05, 4.69) is 26.4 Å². The van der Waals surface area contributed by atoms with Crippen LogP contribution in [0.3, 0.4) is 0 Å². The van der Waals surface area contributed by atoms with Gasteiger partial charge in [-0.3, -0.25) is 4.90 Å². The number of likely N-dealkylation sites (tertiary alicyclic amines) is 1. The Balaban J connectivity index is 1.36. The molecule has 0 atom stereocenters. The van der Waals surface area contributed by atoms with E-state index in [0.29, 0.717) is 24.5 Å². The van der Waals surface area contributed by atoms with Crippen LogP contribution in [0.25, 0.3) is 11.3 Å². The highest BCUT2D eigenvalue weighted by Gasteiger charge is 2.43. The van der Waals surface area contributed by atoms with Crippen molar-refractivity contribution in [1.29, 1.82) is 0 Å². The molecular formula is C26H32F3N7. The first-order valence-corrected chi connectivity index (χ1v) is 12.5. The fourth-order valence-corrected chi connectivity index (χ4v) is 5.27. The molecule has 0 aliphatic carbocycles. The van der Waals surface area contributed by atoms with Gasteiger partial charge in [0.1, 0.15) is 29.6 Å². The monoisotopic (exact) mass is 499 g/mol. The Morgan fingerprint density at radius 1 is 1.11 bits per heavy atom. The molecule has 2 saturated heterocycles. The fraction of sp³-hybridized carbons (Fsp3) is 0.500. The number of aromatic nitrogens is 4. The molecule has 0 amide bonds. The Labute approximate surface area is 209 Å². The van der Waals surface area contributed by atoms with Gasteiger partial charge >= 0.3 is 0 Å². The van der Waals surface area contributed by atoms with Crippen molar-refractivity contribution in [3.05, 3.63) is 53.5 Å². The van der Waals surface area contributed by atoms with E-state index in [0.717, 1.165) is 60.8 Å². The van der Waals surface area contributed by atoms with Crippen molar-refractivity contribution in [2.75, 3.05) is 43.4 Å². The lowest BCUT2D eigenvalue weighted by Crippen LogP contribution is -2.56. The molecule has 192 valence electrons. The van der Waals surface area contributed by atoms with Crippen LogP contribution in [0.2, 0.25) is 0 Å². The summed E-state index contributed by atoms with van der Waals surface area (Å²) in [4.78, 5) is 17.6. The number of nitrogens with two attached hydrogens (primary N) is 1. The predicted octanol–water partition coefficient (Wildman–Crippen LogP) is 4.27. The van der Waals surface area contributed by atoms with E-state index >= 15 is 0 Å². The van der Waals surface area contributed by atoms with Gasteiger partial charge < -0.3 is 15.2 Å². The molecule has 0 radical (unpaired) electrons. The van der Waals surface area contributed by atoms with Gasteiger partial charge in [0.05, 0.1) is 18.8 Å². The van der Waals surface area contributed by atoms with E-state index in [1.165, 1.54) is 12.4 Å². The molecular weight excluding hydrogens is 467 g/mol. The highest BCUT2D eigenvalue weighted by atomic mass is 19.3. The van der Waals surface area contributed by atoms with Crippen LogP contribution < -0.4 is 10.6 Å². The second-order valence-electron chi connectivity index (χ2n) is 9.88. The normalized spacial score (nSPS) is 18.4. The Bertz CT molecular complexity index is 1230. The van der Waals surface area contributed by atoms with Gasteiger partial charge in [-0.05, 0) is 49.9 Å². The van der Waals surface area contributed by atoms with Gasteiger partial charge in [-0.15, -0.1) is 0 Å². The molecule has 4 heterocycles. The Morgan fingerprint density at radius 2 is 1.86 bits per heavy atom. The van der Waals surface area contributed by atoms with Crippen LogP contribution in [-0.4, -0.2) is 63.1 Å². The summed E-state index contributed by atoms with van der Waals surface area (Å²) in [6.45, 7) is 6.15. The Hall–Kier alpha value is -3.14. The minimum Gasteiger partial charge on any atom is -0.383 e. The summed E-state index contributed by atoms with van der Waals surface area (Å²) in [6.07, 6.45) is 6.02. The van der Waals surface area contributed by atoms with Gasteiger partial charge in [-0.25, -0.2) is 28.1 Å². The number of benzene rings is 1. The van der Waals surface area contributed by atoms with Crippen LogP contribution >= 0.6 is 0 Å². The third-order valence-corrected chi connectivity index (χ3v) is 7.30. The van der Waals surface area contributed by atoms with Crippen LogP contribution in [0.15, 0.2) is 30.7 Å². The second-order valence-corrected chi connectivity index (χ2v) is 9.88. The number of piperidine rings is 1. The van der Waals surface area contributed by atoms with Gasteiger partial charge in [0.15, 0.2) is 0 Å². The second kappa shape index (κ2) is 9.72. The van der Waals surface area contributed by atoms with E-state index in [9.17, 15) is 13.2 Å². The number of nitrogen functional groups attached to an aromatic ring is 1. The molecule has 7 nitrogen and oxygen atoms in total. The zero-order chi connectivity index (χ0) is 25.4. The van der Waals surface area contributed by atoms with Crippen LogP contribution in [-0.2, 0) is 13.0 Å². The molecule has 0 saturated carbocycles. The molecule has 3 aromatic rings. The number of halogens is 3. The molecule has 2 fully saturated rings. The summed E-state index contributed by atoms with van der Waals surface area (Å²) in [7, 11) is 0. The molecule has 0 bridgehead atoms. The van der Waals surface area contributed by atoms with Crippen molar-refractivity contribution in [2.45, 2.75) is 51.5 Å². The number of nitrogens with zero attached hydrogens (tertiary/aromatic N) is 6. The molecule has 1 aromatic carbocycles. The molecule has 2 aliphatic rings. The van der Waals surface area contributed by atoms with Crippen molar-refractivity contribution in [3.8, 4) is 11.3 Å². The number of imidazole rings is 1. The van der Waals surface area contributed by atoms with E-state index in [1.807, 2.05) is 6.20 Å². The average Bonchev–Trinajstić information content (AvgIpc) is 3.27. The third-order valence-electron chi connectivity index (χ3n) is 7.30. The number of hydrogen-bond acceptors (Lipinski definition) is 6. The first-order valence-electron chi connectivity index (χ1n) is 12.5. The molecule has 5 rings (SSSR count). The highest BCUT2D eigenvalue weighted by Crippen LogP contribution is 2.34. The maximum atomic E-state index is 13.8. The zero-order valence-corrected chi connectivity index (χ0v) is 20.7. The Morgan fingerprint density at radius 3 is 2.53 bits per heavy atom. The third kappa shape index (κ3) is 4.91. The number of aryl methyl sites for hydroxylation is 1. The first-order chi connectivity index (χ1) is 17.2.